The van der Waals surface area contributed by atoms with Crippen molar-refractivity contribution in [3.8, 4) is 17.0 Å². The summed E-state index contributed by atoms with van der Waals surface area (Å²) in [7, 11) is 0. The van der Waals surface area contributed by atoms with Crippen molar-refractivity contribution in [1.82, 2.24) is 20.3 Å². The Morgan fingerprint density at radius 2 is 1.93 bits per heavy atom. The van der Waals surface area contributed by atoms with E-state index in [9.17, 15) is 14.7 Å². The van der Waals surface area contributed by atoms with Crippen LogP contribution in [0.3, 0.4) is 0 Å². The lowest BCUT2D eigenvalue weighted by Gasteiger charge is -2.19. The first-order valence-electron chi connectivity index (χ1n) is 13.6. The van der Waals surface area contributed by atoms with Crippen LogP contribution in [0.2, 0.25) is 5.02 Å². The van der Waals surface area contributed by atoms with Crippen molar-refractivity contribution in [3.63, 3.8) is 0 Å². The van der Waals surface area contributed by atoms with Crippen LogP contribution < -0.4 is 27.5 Å². The minimum Gasteiger partial charge on any atom is -0.507 e. The number of imidazole rings is 1. The second-order valence-corrected chi connectivity index (χ2v) is 10.5. The Balaban J connectivity index is 1.40. The molecule has 13 heteroatoms. The first-order chi connectivity index (χ1) is 21.2. The van der Waals surface area contributed by atoms with Crippen LogP contribution in [0, 0.1) is 0 Å². The Labute approximate surface area is 257 Å². The van der Waals surface area contributed by atoms with Crippen LogP contribution >= 0.6 is 11.6 Å². The van der Waals surface area contributed by atoms with E-state index in [1.807, 2.05) is 30.3 Å². The summed E-state index contributed by atoms with van der Waals surface area (Å²) in [6.07, 6.45) is 2.24. The molecule has 0 unspecified atom stereocenters. The molecule has 0 saturated carbocycles. The summed E-state index contributed by atoms with van der Waals surface area (Å²) >= 11 is 6.24. The lowest BCUT2D eigenvalue weighted by atomic mass is 10.0. The van der Waals surface area contributed by atoms with Gasteiger partial charge in [-0.15, -0.1) is 5.10 Å². The maximum Gasteiger partial charge on any atom is 0.252 e. The molecule has 0 radical (unpaired) electrons. The molecule has 1 atom stereocenters. The molecule has 0 aliphatic heterocycles. The maximum atomic E-state index is 13.3. The number of nitrogens with two attached hydrogens (primary N) is 2. The second kappa shape index (κ2) is 13.2. The number of hydrogen-bond acceptors (Lipinski definition) is 8. The molecule has 8 N–H and O–H groups in total. The van der Waals surface area contributed by atoms with Gasteiger partial charge < -0.3 is 26.1 Å². The highest BCUT2D eigenvalue weighted by Crippen LogP contribution is 2.31. The van der Waals surface area contributed by atoms with Gasteiger partial charge in [-0.2, -0.15) is 5.10 Å². The first-order valence-corrected chi connectivity index (χ1v) is 14.0. The summed E-state index contributed by atoms with van der Waals surface area (Å²) in [6.45, 7) is 3.31. The Hall–Kier alpha value is -5.46. The fourth-order valence-corrected chi connectivity index (χ4v) is 5.11. The zero-order chi connectivity index (χ0) is 31.2. The number of nitrogens with zero attached hydrogens (tertiary/aromatic N) is 4. The van der Waals surface area contributed by atoms with Crippen molar-refractivity contribution in [2.75, 3.05) is 10.7 Å². The number of fused-ring (bicyclic) bond motifs is 1. The van der Waals surface area contributed by atoms with Crippen LogP contribution in [0.25, 0.3) is 22.2 Å². The van der Waals surface area contributed by atoms with Gasteiger partial charge in [0.05, 0.1) is 17.2 Å². The van der Waals surface area contributed by atoms with Crippen LogP contribution in [0.5, 0.6) is 5.75 Å². The van der Waals surface area contributed by atoms with Crippen LogP contribution in [-0.4, -0.2) is 39.0 Å². The van der Waals surface area contributed by atoms with Gasteiger partial charge in [-0.1, -0.05) is 48.0 Å². The number of pyridine rings is 1. The normalized spacial score (nSPS) is 12.0. The highest BCUT2D eigenvalue weighted by molar-refractivity contribution is 6.30. The van der Waals surface area contributed by atoms with E-state index < -0.39 is 11.6 Å². The summed E-state index contributed by atoms with van der Waals surface area (Å²) in [4.78, 5) is 35.7. The SMILES string of the molecule is C=N/N=C\N(N)c1ccc(Cl)cc1CCC(=O)N[C@@H](Cc1ccccc1)c1nc(-c2ccc3[nH]c(=O)cc(O)c3c2)c(N)[nH]1. The molecule has 0 aliphatic rings. The van der Waals surface area contributed by atoms with E-state index in [2.05, 4.69) is 32.2 Å². The number of benzene rings is 3. The number of H-pyrrole nitrogens is 2. The van der Waals surface area contributed by atoms with Crippen molar-refractivity contribution in [3.05, 3.63) is 105 Å². The van der Waals surface area contributed by atoms with Gasteiger partial charge in [-0.3, -0.25) is 14.6 Å². The number of aromatic amines is 2. The predicted octanol–water partition coefficient (Wildman–Crippen LogP) is 4.22. The molecule has 0 bridgehead atoms. The molecular weight excluding hydrogens is 582 g/mol. The van der Waals surface area contributed by atoms with Crippen molar-refractivity contribution >= 4 is 53.0 Å². The summed E-state index contributed by atoms with van der Waals surface area (Å²) < 4.78 is 0. The third-order valence-electron chi connectivity index (χ3n) is 6.99. The topological polar surface area (TPSA) is 191 Å². The van der Waals surface area contributed by atoms with Crippen molar-refractivity contribution < 1.29 is 9.90 Å². The van der Waals surface area contributed by atoms with Crippen molar-refractivity contribution in [2.24, 2.45) is 16.0 Å². The van der Waals surface area contributed by atoms with E-state index in [-0.39, 0.29) is 23.9 Å². The molecule has 44 heavy (non-hydrogen) atoms. The number of aromatic nitrogens is 3. The number of nitrogen functional groups attached to an aromatic ring is 1. The first kappa shape index (κ1) is 30.0. The standard InChI is InChI=1S/C31H30ClN9O3/c1-35-36-17-41(34)25-11-9-21(32)14-19(25)8-12-27(43)38-24(13-18-5-3-2-4-6-18)31-39-29(30(33)40-31)20-7-10-23-22(15-20)26(42)16-28(44)37-23/h2-7,9-11,14-17,24H,1,8,12-13,33-34H2,(H,38,43)(H,39,40)(H2,37,42,44)/b36-17-/t24-/m0/s1. The van der Waals surface area contributed by atoms with E-state index >= 15 is 0 Å². The number of aromatic hydroxyl groups is 1. The number of anilines is 2. The number of aryl methyl sites for hydroxylation is 1. The Morgan fingerprint density at radius 3 is 2.70 bits per heavy atom. The van der Waals surface area contributed by atoms with Crippen LogP contribution in [0.15, 0.2) is 87.8 Å². The molecule has 2 heterocycles. The molecule has 0 saturated heterocycles. The summed E-state index contributed by atoms with van der Waals surface area (Å²) in [6, 6.07) is 20.6. The quantitative estimate of drug-likeness (QED) is 0.0557. The highest BCUT2D eigenvalue weighted by Gasteiger charge is 2.22. The summed E-state index contributed by atoms with van der Waals surface area (Å²) in [5.41, 5.74) is 9.86. The molecular formula is C31H30ClN9O3. The zero-order valence-electron chi connectivity index (χ0n) is 23.5. The molecule has 0 aliphatic carbocycles. The van der Waals surface area contributed by atoms with Crippen LogP contribution in [-0.2, 0) is 17.6 Å². The molecule has 0 fully saturated rings. The largest absolute Gasteiger partial charge is 0.507 e. The van der Waals surface area contributed by atoms with Crippen molar-refractivity contribution in [1.29, 1.82) is 0 Å². The number of carbonyl (C=O) groups is 1. The monoisotopic (exact) mass is 611 g/mol. The summed E-state index contributed by atoms with van der Waals surface area (Å²) in [5.74, 6) is 6.47. The molecule has 3 aromatic carbocycles. The fourth-order valence-electron chi connectivity index (χ4n) is 4.92. The lowest BCUT2D eigenvalue weighted by Crippen LogP contribution is -2.32. The number of amides is 1. The van der Waals surface area contributed by atoms with E-state index in [1.54, 1.807) is 36.4 Å². The molecule has 12 nitrogen and oxygen atoms in total. The minimum absolute atomic E-state index is 0.133. The molecule has 1 amide bonds. The minimum atomic E-state index is -0.540. The predicted molar refractivity (Wildman–Crippen MR) is 174 cm³/mol. The Kier molecular flexibility index (Phi) is 9.03. The third kappa shape index (κ3) is 6.94. The number of hydrogen-bond donors (Lipinski definition) is 6. The molecule has 2 aromatic heterocycles. The fraction of sp³-hybridized carbons (Fsp3) is 0.129. The van der Waals surface area contributed by atoms with Crippen LogP contribution in [0.1, 0.15) is 29.4 Å². The molecule has 0 spiro atoms. The van der Waals surface area contributed by atoms with E-state index in [4.69, 9.17) is 28.2 Å². The van der Waals surface area contributed by atoms with Crippen LogP contribution in [0.4, 0.5) is 11.5 Å². The van der Waals surface area contributed by atoms with Gasteiger partial charge in [0, 0.05) is 35.2 Å². The average molecular weight is 612 g/mol. The maximum absolute atomic E-state index is 13.3. The lowest BCUT2D eigenvalue weighted by molar-refractivity contribution is -0.121. The van der Waals surface area contributed by atoms with Gasteiger partial charge in [0.1, 0.15) is 29.4 Å². The number of rotatable bonds is 11. The number of hydrazine groups is 1. The van der Waals surface area contributed by atoms with Gasteiger partial charge in [0.15, 0.2) is 0 Å². The van der Waals surface area contributed by atoms with E-state index in [1.165, 1.54) is 11.3 Å². The number of carbonyl (C=O) groups excluding carboxylic acids is 1. The number of halogens is 1. The molecule has 5 aromatic rings. The molecule has 5 rings (SSSR count). The Morgan fingerprint density at radius 1 is 1.14 bits per heavy atom. The van der Waals surface area contributed by atoms with E-state index in [0.717, 1.165) is 17.2 Å². The average Bonchev–Trinajstić information content (AvgIpc) is 3.40. The van der Waals surface area contributed by atoms with E-state index in [0.29, 0.717) is 51.5 Å². The van der Waals surface area contributed by atoms with Gasteiger partial charge in [-0.25, -0.2) is 10.8 Å². The summed E-state index contributed by atoms with van der Waals surface area (Å²) in [5, 5.41) is 22.8. The molecule has 224 valence electrons. The zero-order valence-corrected chi connectivity index (χ0v) is 24.3. The number of nitrogens with one attached hydrogen (secondary N) is 3. The third-order valence-corrected chi connectivity index (χ3v) is 7.23. The van der Waals surface area contributed by atoms with Gasteiger partial charge in [-0.05, 0) is 54.3 Å². The smallest absolute Gasteiger partial charge is 0.252 e. The van der Waals surface area contributed by atoms with Gasteiger partial charge >= 0.3 is 0 Å². The Bertz CT molecular complexity index is 1900. The highest BCUT2D eigenvalue weighted by atomic mass is 35.5. The van der Waals surface area contributed by atoms with Crippen molar-refractivity contribution in [2.45, 2.75) is 25.3 Å². The second-order valence-electron chi connectivity index (χ2n) is 10.0. The van der Waals surface area contributed by atoms with Gasteiger partial charge in [0.2, 0.25) is 5.91 Å². The van der Waals surface area contributed by atoms with Gasteiger partial charge in [0.25, 0.3) is 5.56 Å².